The number of piperidine rings is 1. The maximum Gasteiger partial charge on any atom is 0.136 e. The van der Waals surface area contributed by atoms with E-state index < -0.39 is 0 Å². The van der Waals surface area contributed by atoms with Gasteiger partial charge in [-0.05, 0) is 18.6 Å². The Morgan fingerprint density at radius 3 is 2.94 bits per heavy atom. The van der Waals surface area contributed by atoms with Crippen LogP contribution in [-0.4, -0.2) is 28.3 Å². The Kier molecular flexibility index (Phi) is 2.56. The van der Waals surface area contributed by atoms with Crippen molar-refractivity contribution in [2.45, 2.75) is 31.3 Å². The standard InChI is InChI=1S/C14H16N2O/c1-10-6-11-7-12(17)8-14(16(11)9-10)13-4-2-3-5-15-13/h2-5,11,14H,1,6-9H2/t11-,14+/m0/s1. The second-order valence-electron chi connectivity index (χ2n) is 5.00. The second kappa shape index (κ2) is 4.08. The van der Waals surface area contributed by atoms with Crippen molar-refractivity contribution in [3.63, 3.8) is 0 Å². The fraction of sp³-hybridized carbons (Fsp3) is 0.429. The van der Waals surface area contributed by atoms with Crippen molar-refractivity contribution in [1.82, 2.24) is 9.88 Å². The van der Waals surface area contributed by atoms with Gasteiger partial charge >= 0.3 is 0 Å². The summed E-state index contributed by atoms with van der Waals surface area (Å²) in [5.41, 5.74) is 2.26. The number of nitrogens with zero attached hydrogens (tertiary/aromatic N) is 2. The van der Waals surface area contributed by atoms with Gasteiger partial charge in [0.15, 0.2) is 0 Å². The number of pyridine rings is 1. The molecule has 0 aromatic carbocycles. The molecule has 2 aliphatic heterocycles. The lowest BCUT2D eigenvalue weighted by molar-refractivity contribution is -0.124. The average Bonchev–Trinajstić information content (AvgIpc) is 2.69. The minimum atomic E-state index is 0.154. The molecule has 0 unspecified atom stereocenters. The van der Waals surface area contributed by atoms with Crippen LogP contribution in [0.25, 0.3) is 0 Å². The number of carbonyl (C=O) groups is 1. The van der Waals surface area contributed by atoms with Gasteiger partial charge in [-0.1, -0.05) is 18.2 Å². The highest BCUT2D eigenvalue weighted by atomic mass is 16.1. The Morgan fingerprint density at radius 1 is 1.29 bits per heavy atom. The molecule has 3 heterocycles. The number of ketones is 1. The summed E-state index contributed by atoms with van der Waals surface area (Å²) in [5.74, 6) is 0.358. The molecule has 0 amide bonds. The monoisotopic (exact) mass is 228 g/mol. The Bertz CT molecular complexity index is 455. The highest BCUT2D eigenvalue weighted by molar-refractivity contribution is 5.81. The summed E-state index contributed by atoms with van der Waals surface area (Å²) >= 11 is 0. The summed E-state index contributed by atoms with van der Waals surface area (Å²) in [6.45, 7) is 4.97. The first-order valence-corrected chi connectivity index (χ1v) is 6.09. The van der Waals surface area contributed by atoms with E-state index in [2.05, 4.69) is 16.5 Å². The zero-order valence-corrected chi connectivity index (χ0v) is 9.80. The van der Waals surface area contributed by atoms with E-state index in [0.717, 1.165) is 18.7 Å². The molecule has 0 aliphatic carbocycles. The molecule has 0 spiro atoms. The predicted molar refractivity (Wildman–Crippen MR) is 65.5 cm³/mol. The van der Waals surface area contributed by atoms with Crippen LogP contribution >= 0.6 is 0 Å². The van der Waals surface area contributed by atoms with Crippen molar-refractivity contribution < 1.29 is 4.79 Å². The first-order valence-electron chi connectivity index (χ1n) is 6.09. The van der Waals surface area contributed by atoms with Crippen LogP contribution in [0.2, 0.25) is 0 Å². The van der Waals surface area contributed by atoms with Gasteiger partial charge in [-0.15, -0.1) is 0 Å². The minimum absolute atomic E-state index is 0.154. The van der Waals surface area contributed by atoms with E-state index >= 15 is 0 Å². The number of Topliss-reactive ketones (excluding diaryl/α,β-unsaturated/α-hetero) is 1. The first-order chi connectivity index (χ1) is 8.24. The van der Waals surface area contributed by atoms with Crippen molar-refractivity contribution in [2.75, 3.05) is 6.54 Å². The highest BCUT2D eigenvalue weighted by Crippen LogP contribution is 2.38. The number of hydrogen-bond donors (Lipinski definition) is 0. The number of fused-ring (bicyclic) bond motifs is 1. The zero-order valence-electron chi connectivity index (χ0n) is 9.80. The molecule has 1 aromatic rings. The van der Waals surface area contributed by atoms with Gasteiger partial charge in [0.05, 0.1) is 11.7 Å². The molecule has 2 aliphatic rings. The van der Waals surface area contributed by atoms with Gasteiger partial charge in [0.25, 0.3) is 0 Å². The van der Waals surface area contributed by atoms with Gasteiger partial charge in [0, 0.05) is 31.6 Å². The SMILES string of the molecule is C=C1C[C@H]2CC(=O)C[C@H](c3ccccn3)N2C1. The maximum absolute atomic E-state index is 11.8. The third-order valence-corrected chi connectivity index (χ3v) is 3.71. The number of rotatable bonds is 1. The Morgan fingerprint density at radius 2 is 2.18 bits per heavy atom. The fourth-order valence-electron chi connectivity index (χ4n) is 2.98. The van der Waals surface area contributed by atoms with E-state index in [1.807, 2.05) is 18.2 Å². The van der Waals surface area contributed by atoms with E-state index in [1.165, 1.54) is 5.57 Å². The molecule has 2 saturated heterocycles. The Labute approximate surface area is 101 Å². The lowest BCUT2D eigenvalue weighted by Gasteiger charge is -2.36. The van der Waals surface area contributed by atoms with Gasteiger partial charge in [0.2, 0.25) is 0 Å². The summed E-state index contributed by atoms with van der Waals surface area (Å²) in [4.78, 5) is 18.6. The summed E-state index contributed by atoms with van der Waals surface area (Å²) in [5, 5.41) is 0. The van der Waals surface area contributed by atoms with E-state index in [0.29, 0.717) is 24.7 Å². The summed E-state index contributed by atoms with van der Waals surface area (Å²) in [6.07, 6.45) is 4.05. The van der Waals surface area contributed by atoms with Crippen molar-refractivity contribution in [2.24, 2.45) is 0 Å². The van der Waals surface area contributed by atoms with Crippen molar-refractivity contribution >= 4 is 5.78 Å². The number of hydrogen-bond acceptors (Lipinski definition) is 3. The molecule has 0 radical (unpaired) electrons. The molecule has 1 aromatic heterocycles. The maximum atomic E-state index is 11.8. The molecule has 2 fully saturated rings. The molecule has 3 nitrogen and oxygen atoms in total. The summed E-state index contributed by atoms with van der Waals surface area (Å²) < 4.78 is 0. The molecule has 3 rings (SSSR count). The lowest BCUT2D eigenvalue weighted by atomic mass is 9.93. The molecular weight excluding hydrogens is 212 g/mol. The highest BCUT2D eigenvalue weighted by Gasteiger charge is 2.39. The van der Waals surface area contributed by atoms with E-state index in [-0.39, 0.29) is 6.04 Å². The normalized spacial score (nSPS) is 29.4. The van der Waals surface area contributed by atoms with Crippen LogP contribution in [0.3, 0.4) is 0 Å². The quantitative estimate of drug-likeness (QED) is 0.690. The van der Waals surface area contributed by atoms with Crippen molar-refractivity contribution in [3.8, 4) is 0 Å². The molecule has 0 N–H and O–H groups in total. The summed E-state index contributed by atoms with van der Waals surface area (Å²) in [6, 6.07) is 6.43. The molecule has 88 valence electrons. The van der Waals surface area contributed by atoms with Gasteiger partial charge in [0.1, 0.15) is 5.78 Å². The summed E-state index contributed by atoms with van der Waals surface area (Å²) in [7, 11) is 0. The fourth-order valence-corrected chi connectivity index (χ4v) is 2.98. The van der Waals surface area contributed by atoms with E-state index in [1.54, 1.807) is 6.20 Å². The molecular formula is C14H16N2O. The van der Waals surface area contributed by atoms with Crippen LogP contribution in [0.15, 0.2) is 36.5 Å². The van der Waals surface area contributed by atoms with Gasteiger partial charge in [-0.25, -0.2) is 0 Å². The zero-order chi connectivity index (χ0) is 11.8. The van der Waals surface area contributed by atoms with Crippen LogP contribution in [0.1, 0.15) is 31.0 Å². The average molecular weight is 228 g/mol. The Hall–Kier alpha value is -1.48. The largest absolute Gasteiger partial charge is 0.300 e. The topological polar surface area (TPSA) is 33.2 Å². The van der Waals surface area contributed by atoms with Crippen LogP contribution < -0.4 is 0 Å². The molecule has 3 heteroatoms. The smallest absolute Gasteiger partial charge is 0.136 e. The Balaban J connectivity index is 1.92. The number of aromatic nitrogens is 1. The predicted octanol–water partition coefficient (Wildman–Crippen LogP) is 2.12. The van der Waals surface area contributed by atoms with Crippen LogP contribution in [-0.2, 0) is 4.79 Å². The van der Waals surface area contributed by atoms with Gasteiger partial charge in [-0.3, -0.25) is 14.7 Å². The first kappa shape index (κ1) is 10.7. The molecule has 0 bridgehead atoms. The van der Waals surface area contributed by atoms with Crippen LogP contribution in [0.5, 0.6) is 0 Å². The second-order valence-corrected chi connectivity index (χ2v) is 5.00. The molecule has 2 atom stereocenters. The minimum Gasteiger partial charge on any atom is -0.300 e. The van der Waals surface area contributed by atoms with Gasteiger partial charge in [-0.2, -0.15) is 0 Å². The third kappa shape index (κ3) is 1.91. The molecule has 0 saturated carbocycles. The number of carbonyl (C=O) groups excluding carboxylic acids is 1. The van der Waals surface area contributed by atoms with E-state index in [9.17, 15) is 4.79 Å². The third-order valence-electron chi connectivity index (χ3n) is 3.71. The van der Waals surface area contributed by atoms with E-state index in [4.69, 9.17) is 0 Å². The lowest BCUT2D eigenvalue weighted by Crippen LogP contribution is -2.41. The van der Waals surface area contributed by atoms with Crippen LogP contribution in [0.4, 0.5) is 0 Å². The molecule has 17 heavy (non-hydrogen) atoms. The van der Waals surface area contributed by atoms with Crippen LogP contribution in [0, 0.1) is 0 Å². The van der Waals surface area contributed by atoms with Crippen molar-refractivity contribution in [3.05, 3.63) is 42.2 Å². The van der Waals surface area contributed by atoms with Crippen molar-refractivity contribution in [1.29, 1.82) is 0 Å². The van der Waals surface area contributed by atoms with Gasteiger partial charge < -0.3 is 0 Å².